The van der Waals surface area contributed by atoms with Crippen LogP contribution >= 0.6 is 0 Å². The molecule has 0 aliphatic carbocycles. The fraction of sp³-hybridized carbons (Fsp3) is 0.278. The molecule has 2 aromatic rings. The maximum atomic E-state index is 12.2. The highest BCUT2D eigenvalue weighted by Crippen LogP contribution is 2.08. The molecular weight excluding hydrogens is 292 g/mol. The lowest BCUT2D eigenvalue weighted by atomic mass is 10.0. The zero-order chi connectivity index (χ0) is 16.5. The predicted molar refractivity (Wildman–Crippen MR) is 86.9 cm³/mol. The van der Waals surface area contributed by atoms with E-state index >= 15 is 0 Å². The smallest absolute Gasteiger partial charge is 0.328 e. The van der Waals surface area contributed by atoms with Crippen molar-refractivity contribution in [1.82, 2.24) is 10.3 Å². The number of amides is 1. The monoisotopic (exact) mass is 312 g/mol. The summed E-state index contributed by atoms with van der Waals surface area (Å²) in [6.45, 7) is 0. The van der Waals surface area contributed by atoms with Gasteiger partial charge in [-0.3, -0.25) is 9.78 Å². The molecule has 5 heteroatoms. The number of pyridine rings is 1. The van der Waals surface area contributed by atoms with E-state index in [1.165, 1.54) is 25.1 Å². The van der Waals surface area contributed by atoms with E-state index in [1.54, 1.807) is 12.1 Å². The SMILES string of the molecule is COC(=O)[C@@H](CCCc1ccccc1)NC(=O)c1ccncc1. The second kappa shape index (κ2) is 8.68. The molecule has 23 heavy (non-hydrogen) atoms. The number of aryl methyl sites for hydroxylation is 1. The summed E-state index contributed by atoms with van der Waals surface area (Å²) in [5.41, 5.74) is 1.67. The molecule has 0 fully saturated rings. The molecule has 0 radical (unpaired) electrons. The number of aromatic nitrogens is 1. The number of hydrogen-bond acceptors (Lipinski definition) is 4. The number of benzene rings is 1. The van der Waals surface area contributed by atoms with Crippen LogP contribution in [0.3, 0.4) is 0 Å². The van der Waals surface area contributed by atoms with Crippen molar-refractivity contribution in [3.8, 4) is 0 Å². The number of hydrogen-bond donors (Lipinski definition) is 1. The van der Waals surface area contributed by atoms with E-state index < -0.39 is 12.0 Å². The highest BCUT2D eigenvalue weighted by atomic mass is 16.5. The van der Waals surface area contributed by atoms with Crippen LogP contribution in [0.2, 0.25) is 0 Å². The summed E-state index contributed by atoms with van der Waals surface area (Å²) in [5, 5.41) is 2.73. The van der Waals surface area contributed by atoms with Gasteiger partial charge in [0, 0.05) is 18.0 Å². The Morgan fingerprint density at radius 1 is 1.13 bits per heavy atom. The summed E-state index contributed by atoms with van der Waals surface area (Å²) < 4.78 is 4.79. The average Bonchev–Trinajstić information content (AvgIpc) is 2.61. The number of nitrogens with zero attached hydrogens (tertiary/aromatic N) is 1. The van der Waals surface area contributed by atoms with Crippen LogP contribution in [0.25, 0.3) is 0 Å². The lowest BCUT2D eigenvalue weighted by Gasteiger charge is -2.16. The van der Waals surface area contributed by atoms with Gasteiger partial charge < -0.3 is 10.1 Å². The fourth-order valence-corrected chi connectivity index (χ4v) is 2.29. The molecule has 1 aromatic carbocycles. The van der Waals surface area contributed by atoms with Crippen LogP contribution in [0.4, 0.5) is 0 Å². The number of rotatable bonds is 7. The van der Waals surface area contributed by atoms with Crippen molar-refractivity contribution in [2.75, 3.05) is 7.11 Å². The number of esters is 1. The quantitative estimate of drug-likeness (QED) is 0.797. The Bertz CT molecular complexity index is 629. The molecule has 1 heterocycles. The van der Waals surface area contributed by atoms with Crippen LogP contribution < -0.4 is 5.32 Å². The number of carbonyl (C=O) groups excluding carboxylic acids is 2. The third kappa shape index (κ3) is 5.21. The zero-order valence-corrected chi connectivity index (χ0v) is 13.1. The minimum atomic E-state index is -0.649. The Balaban J connectivity index is 1.92. The van der Waals surface area contributed by atoms with Gasteiger partial charge in [0.2, 0.25) is 0 Å². The lowest BCUT2D eigenvalue weighted by molar-refractivity contribution is -0.143. The number of nitrogens with one attached hydrogen (secondary N) is 1. The van der Waals surface area contributed by atoms with E-state index in [0.717, 1.165) is 12.8 Å². The molecule has 5 nitrogen and oxygen atoms in total. The first-order valence-electron chi connectivity index (χ1n) is 7.53. The zero-order valence-electron chi connectivity index (χ0n) is 13.1. The topological polar surface area (TPSA) is 68.3 Å². The Hall–Kier alpha value is -2.69. The summed E-state index contributed by atoms with van der Waals surface area (Å²) >= 11 is 0. The van der Waals surface area contributed by atoms with Gasteiger partial charge in [-0.05, 0) is 37.0 Å². The van der Waals surface area contributed by atoms with Crippen molar-refractivity contribution in [3.05, 3.63) is 66.0 Å². The maximum absolute atomic E-state index is 12.2. The molecule has 0 unspecified atom stereocenters. The molecule has 1 atom stereocenters. The van der Waals surface area contributed by atoms with Gasteiger partial charge in [-0.1, -0.05) is 30.3 Å². The molecule has 1 amide bonds. The normalized spacial score (nSPS) is 11.5. The van der Waals surface area contributed by atoms with E-state index in [0.29, 0.717) is 12.0 Å². The van der Waals surface area contributed by atoms with Crippen molar-refractivity contribution < 1.29 is 14.3 Å². The summed E-state index contributed by atoms with van der Waals surface area (Å²) in [6, 6.07) is 12.6. The van der Waals surface area contributed by atoms with Gasteiger partial charge in [-0.15, -0.1) is 0 Å². The van der Waals surface area contributed by atoms with E-state index in [9.17, 15) is 9.59 Å². The van der Waals surface area contributed by atoms with Crippen molar-refractivity contribution in [3.63, 3.8) is 0 Å². The molecule has 0 aliphatic rings. The lowest BCUT2D eigenvalue weighted by Crippen LogP contribution is -2.41. The minimum Gasteiger partial charge on any atom is -0.467 e. The van der Waals surface area contributed by atoms with E-state index in [-0.39, 0.29) is 5.91 Å². The minimum absolute atomic E-state index is 0.303. The molecule has 1 N–H and O–H groups in total. The molecular formula is C18H20N2O3. The Labute approximate surface area is 135 Å². The van der Waals surface area contributed by atoms with Crippen LogP contribution in [-0.2, 0) is 16.0 Å². The molecule has 120 valence electrons. The van der Waals surface area contributed by atoms with Gasteiger partial charge in [0.25, 0.3) is 5.91 Å². The molecule has 1 aromatic heterocycles. The standard InChI is InChI=1S/C18H20N2O3/c1-23-18(22)16(9-5-8-14-6-3-2-4-7-14)20-17(21)15-10-12-19-13-11-15/h2-4,6-7,10-13,16H,5,8-9H2,1H3,(H,20,21)/t16-/m1/s1. The Morgan fingerprint density at radius 2 is 1.83 bits per heavy atom. The molecule has 0 saturated carbocycles. The summed E-state index contributed by atoms with van der Waals surface area (Å²) in [5.74, 6) is -0.733. The third-order valence-corrected chi connectivity index (χ3v) is 3.53. The van der Waals surface area contributed by atoms with Crippen LogP contribution in [0, 0.1) is 0 Å². The van der Waals surface area contributed by atoms with Crippen molar-refractivity contribution in [1.29, 1.82) is 0 Å². The first-order valence-corrected chi connectivity index (χ1v) is 7.53. The van der Waals surface area contributed by atoms with Crippen molar-refractivity contribution in [2.24, 2.45) is 0 Å². The predicted octanol–water partition coefficient (Wildman–Crippen LogP) is 2.38. The van der Waals surface area contributed by atoms with Gasteiger partial charge in [0.05, 0.1) is 7.11 Å². The summed E-state index contributed by atoms with van der Waals surface area (Å²) in [4.78, 5) is 27.9. The van der Waals surface area contributed by atoms with Crippen LogP contribution in [0.15, 0.2) is 54.9 Å². The molecule has 0 aliphatic heterocycles. The molecule has 0 spiro atoms. The van der Waals surface area contributed by atoms with Gasteiger partial charge >= 0.3 is 5.97 Å². The van der Waals surface area contributed by atoms with E-state index in [1.807, 2.05) is 30.3 Å². The second-order valence-corrected chi connectivity index (χ2v) is 5.16. The molecule has 0 bridgehead atoms. The largest absolute Gasteiger partial charge is 0.467 e. The van der Waals surface area contributed by atoms with Gasteiger partial charge in [-0.25, -0.2) is 4.79 Å². The highest BCUT2D eigenvalue weighted by molar-refractivity contribution is 5.96. The van der Waals surface area contributed by atoms with Crippen molar-refractivity contribution >= 4 is 11.9 Å². The Morgan fingerprint density at radius 3 is 2.48 bits per heavy atom. The second-order valence-electron chi connectivity index (χ2n) is 5.16. The summed E-state index contributed by atoms with van der Waals surface area (Å²) in [7, 11) is 1.32. The fourth-order valence-electron chi connectivity index (χ4n) is 2.29. The maximum Gasteiger partial charge on any atom is 0.328 e. The number of methoxy groups -OCH3 is 1. The van der Waals surface area contributed by atoms with E-state index in [4.69, 9.17) is 4.74 Å². The van der Waals surface area contributed by atoms with Crippen LogP contribution in [0.1, 0.15) is 28.8 Å². The summed E-state index contributed by atoms with van der Waals surface area (Å²) in [6.07, 6.45) is 5.23. The highest BCUT2D eigenvalue weighted by Gasteiger charge is 2.21. The van der Waals surface area contributed by atoms with Gasteiger partial charge in [-0.2, -0.15) is 0 Å². The van der Waals surface area contributed by atoms with Crippen LogP contribution in [-0.4, -0.2) is 30.0 Å². The van der Waals surface area contributed by atoms with Gasteiger partial charge in [0.15, 0.2) is 0 Å². The first-order chi connectivity index (χ1) is 11.2. The van der Waals surface area contributed by atoms with Gasteiger partial charge in [0.1, 0.15) is 6.04 Å². The van der Waals surface area contributed by atoms with Crippen LogP contribution in [0.5, 0.6) is 0 Å². The number of carbonyl (C=O) groups is 2. The average molecular weight is 312 g/mol. The third-order valence-electron chi connectivity index (χ3n) is 3.53. The molecule has 0 saturated heterocycles. The first kappa shape index (κ1) is 16.7. The Kier molecular flexibility index (Phi) is 6.29. The molecule has 2 rings (SSSR count). The van der Waals surface area contributed by atoms with E-state index in [2.05, 4.69) is 10.3 Å². The number of ether oxygens (including phenoxy) is 1. The van der Waals surface area contributed by atoms with Crippen molar-refractivity contribution in [2.45, 2.75) is 25.3 Å².